The molecule has 0 saturated carbocycles. The Morgan fingerprint density at radius 3 is 1.71 bits per heavy atom. The van der Waals surface area contributed by atoms with Crippen molar-refractivity contribution in [3.63, 3.8) is 0 Å². The SMILES string of the molecule is N[C@H](Cc1c(F)c(F)c(F)c(F)c1F)C(=O)O. The van der Waals surface area contributed by atoms with E-state index in [2.05, 4.69) is 0 Å². The first-order chi connectivity index (χ1) is 7.77. The topological polar surface area (TPSA) is 63.3 Å². The quantitative estimate of drug-likeness (QED) is 0.486. The molecule has 94 valence electrons. The molecule has 0 aliphatic heterocycles. The van der Waals surface area contributed by atoms with Gasteiger partial charge in [-0.3, -0.25) is 4.79 Å². The van der Waals surface area contributed by atoms with Crippen LogP contribution in [0.2, 0.25) is 0 Å². The van der Waals surface area contributed by atoms with Gasteiger partial charge >= 0.3 is 5.97 Å². The third kappa shape index (κ3) is 2.36. The van der Waals surface area contributed by atoms with E-state index in [0.717, 1.165) is 0 Å². The van der Waals surface area contributed by atoms with Crippen LogP contribution >= 0.6 is 0 Å². The van der Waals surface area contributed by atoms with Crippen LogP contribution < -0.4 is 5.73 Å². The Labute approximate surface area is 91.6 Å². The molecule has 0 aliphatic rings. The van der Waals surface area contributed by atoms with Crippen molar-refractivity contribution in [1.82, 2.24) is 0 Å². The maximum Gasteiger partial charge on any atom is 0.320 e. The number of carboxylic acid groups (broad SMARTS) is 1. The Bertz CT molecular complexity index is 448. The summed E-state index contributed by atoms with van der Waals surface area (Å²) in [5.74, 6) is -12.3. The van der Waals surface area contributed by atoms with Crippen molar-refractivity contribution < 1.29 is 31.9 Å². The summed E-state index contributed by atoms with van der Waals surface area (Å²) in [5.41, 5.74) is 3.71. The van der Waals surface area contributed by atoms with Gasteiger partial charge in [-0.05, 0) is 0 Å². The summed E-state index contributed by atoms with van der Waals surface area (Å²) in [7, 11) is 0. The summed E-state index contributed by atoms with van der Waals surface area (Å²) >= 11 is 0. The predicted molar refractivity (Wildman–Crippen MR) is 45.5 cm³/mol. The van der Waals surface area contributed by atoms with Crippen molar-refractivity contribution in [2.45, 2.75) is 12.5 Å². The van der Waals surface area contributed by atoms with Crippen LogP contribution in [0.3, 0.4) is 0 Å². The Morgan fingerprint density at radius 2 is 1.35 bits per heavy atom. The van der Waals surface area contributed by atoms with Gasteiger partial charge in [0.25, 0.3) is 0 Å². The largest absolute Gasteiger partial charge is 0.480 e. The third-order valence-corrected chi connectivity index (χ3v) is 2.04. The summed E-state index contributed by atoms with van der Waals surface area (Å²) in [6.45, 7) is 0. The highest BCUT2D eigenvalue weighted by molar-refractivity contribution is 5.73. The first-order valence-electron chi connectivity index (χ1n) is 4.26. The number of benzene rings is 1. The Morgan fingerprint density at radius 1 is 1.00 bits per heavy atom. The van der Waals surface area contributed by atoms with Crippen molar-refractivity contribution >= 4 is 5.97 Å². The highest BCUT2D eigenvalue weighted by Crippen LogP contribution is 2.23. The fraction of sp³-hybridized carbons (Fsp3) is 0.222. The van der Waals surface area contributed by atoms with Gasteiger partial charge in [-0.25, -0.2) is 22.0 Å². The molecule has 17 heavy (non-hydrogen) atoms. The van der Waals surface area contributed by atoms with E-state index >= 15 is 0 Å². The fourth-order valence-electron chi connectivity index (χ4n) is 1.14. The van der Waals surface area contributed by atoms with E-state index in [1.807, 2.05) is 0 Å². The van der Waals surface area contributed by atoms with Gasteiger partial charge in [0.1, 0.15) is 6.04 Å². The number of aliphatic carboxylic acids is 1. The standard InChI is InChI=1S/C9H6F5NO2/c10-4-2(1-3(15)9(16)17)5(11)7(13)8(14)6(4)12/h3H,1,15H2,(H,16,17)/t3-/m1/s1. The molecule has 0 aliphatic carbocycles. The average molecular weight is 255 g/mol. The van der Waals surface area contributed by atoms with E-state index in [1.165, 1.54) is 0 Å². The molecule has 1 rings (SSSR count). The molecule has 8 heteroatoms. The first kappa shape index (κ1) is 13.4. The number of hydrogen-bond donors (Lipinski definition) is 2. The first-order valence-corrected chi connectivity index (χ1v) is 4.26. The molecular weight excluding hydrogens is 249 g/mol. The van der Waals surface area contributed by atoms with Gasteiger partial charge in [0, 0.05) is 12.0 Å². The maximum atomic E-state index is 13.1. The van der Waals surface area contributed by atoms with Gasteiger partial charge in [0.05, 0.1) is 0 Å². The minimum atomic E-state index is -2.30. The molecule has 0 bridgehead atoms. The van der Waals surface area contributed by atoms with E-state index in [-0.39, 0.29) is 0 Å². The van der Waals surface area contributed by atoms with E-state index in [1.54, 1.807) is 0 Å². The van der Waals surface area contributed by atoms with Crippen LogP contribution in [0.15, 0.2) is 0 Å². The number of rotatable bonds is 3. The lowest BCUT2D eigenvalue weighted by Crippen LogP contribution is -2.33. The Kier molecular flexibility index (Phi) is 3.66. The molecule has 0 spiro atoms. The zero-order valence-electron chi connectivity index (χ0n) is 8.11. The zero-order valence-corrected chi connectivity index (χ0v) is 8.11. The third-order valence-electron chi connectivity index (χ3n) is 2.04. The molecule has 0 radical (unpaired) electrons. The lowest BCUT2D eigenvalue weighted by molar-refractivity contribution is -0.138. The molecule has 3 N–H and O–H groups in total. The molecule has 0 fully saturated rings. The second-order valence-corrected chi connectivity index (χ2v) is 3.20. The molecule has 1 aromatic rings. The van der Waals surface area contributed by atoms with Crippen molar-refractivity contribution in [2.24, 2.45) is 5.73 Å². The summed E-state index contributed by atoms with van der Waals surface area (Å²) in [5, 5.41) is 8.39. The van der Waals surface area contributed by atoms with Gasteiger partial charge in [-0.1, -0.05) is 0 Å². The highest BCUT2D eigenvalue weighted by Gasteiger charge is 2.27. The molecule has 0 amide bonds. The summed E-state index contributed by atoms with van der Waals surface area (Å²) in [6, 6.07) is -1.76. The Balaban J connectivity index is 3.30. The monoisotopic (exact) mass is 255 g/mol. The second-order valence-electron chi connectivity index (χ2n) is 3.20. The van der Waals surface area contributed by atoms with Gasteiger partial charge in [-0.15, -0.1) is 0 Å². The number of nitrogens with two attached hydrogens (primary N) is 1. The normalized spacial score (nSPS) is 12.6. The van der Waals surface area contributed by atoms with E-state index in [0.29, 0.717) is 0 Å². The smallest absolute Gasteiger partial charge is 0.320 e. The predicted octanol–water partition coefficient (Wildman–Crippen LogP) is 1.34. The van der Waals surface area contributed by atoms with E-state index in [4.69, 9.17) is 10.8 Å². The fourth-order valence-corrected chi connectivity index (χ4v) is 1.14. The minimum absolute atomic E-state index is 0.999. The highest BCUT2D eigenvalue weighted by atomic mass is 19.2. The van der Waals surface area contributed by atoms with Crippen LogP contribution in [0.1, 0.15) is 5.56 Å². The van der Waals surface area contributed by atoms with Gasteiger partial charge in [-0.2, -0.15) is 0 Å². The molecule has 1 atom stereocenters. The average Bonchev–Trinajstić information content (AvgIpc) is 2.29. The number of halogens is 5. The molecule has 1 aromatic carbocycles. The van der Waals surface area contributed by atoms with Crippen LogP contribution in [0.25, 0.3) is 0 Å². The van der Waals surface area contributed by atoms with Gasteiger partial charge < -0.3 is 10.8 Å². The molecular formula is C9H6F5NO2. The lowest BCUT2D eigenvalue weighted by atomic mass is 10.0. The van der Waals surface area contributed by atoms with Crippen molar-refractivity contribution in [3.8, 4) is 0 Å². The Hall–Kier alpha value is -1.70. The van der Waals surface area contributed by atoms with Crippen LogP contribution in [0.5, 0.6) is 0 Å². The van der Waals surface area contributed by atoms with Gasteiger partial charge in [0.2, 0.25) is 5.82 Å². The molecule has 0 unspecified atom stereocenters. The molecule has 0 saturated heterocycles. The van der Waals surface area contributed by atoms with Crippen LogP contribution in [-0.2, 0) is 11.2 Å². The van der Waals surface area contributed by atoms with Crippen molar-refractivity contribution in [3.05, 3.63) is 34.6 Å². The molecule has 3 nitrogen and oxygen atoms in total. The van der Waals surface area contributed by atoms with E-state index < -0.39 is 53.1 Å². The second kappa shape index (κ2) is 4.66. The molecule has 0 aromatic heterocycles. The van der Waals surface area contributed by atoms with Crippen LogP contribution in [0, 0.1) is 29.1 Å². The van der Waals surface area contributed by atoms with Crippen molar-refractivity contribution in [1.29, 1.82) is 0 Å². The number of hydrogen-bond acceptors (Lipinski definition) is 2. The van der Waals surface area contributed by atoms with Gasteiger partial charge in [0.15, 0.2) is 23.3 Å². The molecule has 0 heterocycles. The summed E-state index contributed by atoms with van der Waals surface area (Å²) in [4.78, 5) is 10.3. The summed E-state index contributed by atoms with van der Waals surface area (Å²) in [6.07, 6.45) is -0.999. The lowest BCUT2D eigenvalue weighted by Gasteiger charge is -2.10. The van der Waals surface area contributed by atoms with Crippen LogP contribution in [-0.4, -0.2) is 17.1 Å². The van der Waals surface area contributed by atoms with Crippen molar-refractivity contribution in [2.75, 3.05) is 0 Å². The summed E-state index contributed by atoms with van der Waals surface area (Å²) < 4.78 is 64.1. The maximum absolute atomic E-state index is 13.1. The van der Waals surface area contributed by atoms with E-state index in [9.17, 15) is 26.7 Å². The minimum Gasteiger partial charge on any atom is -0.480 e. The number of carboxylic acids is 1. The number of carbonyl (C=O) groups is 1. The van der Waals surface area contributed by atoms with Crippen LogP contribution in [0.4, 0.5) is 22.0 Å². The zero-order chi connectivity index (χ0) is 13.3.